The molecule has 1 aromatic heterocycles. The second-order valence-electron chi connectivity index (χ2n) is 4.47. The molecule has 0 unspecified atom stereocenters. The second-order valence-corrected chi connectivity index (χ2v) is 4.47. The predicted molar refractivity (Wildman–Crippen MR) is 77.4 cm³/mol. The number of hydrogen-bond donors (Lipinski definition) is 2. The summed E-state index contributed by atoms with van der Waals surface area (Å²) >= 11 is 0. The number of carbonyl (C=O) groups excluding carboxylic acids is 1. The SMILES string of the molecule is CCNc1ncc(F)cc1C(=O)Nc1c(C)cccc1F. The molecule has 1 heterocycles. The van der Waals surface area contributed by atoms with E-state index in [-0.39, 0.29) is 17.1 Å². The number of nitrogens with zero attached hydrogens (tertiary/aromatic N) is 1. The third-order valence-electron chi connectivity index (χ3n) is 2.90. The van der Waals surface area contributed by atoms with Crippen molar-refractivity contribution in [1.82, 2.24) is 4.98 Å². The molecular weight excluding hydrogens is 276 g/mol. The van der Waals surface area contributed by atoms with Crippen molar-refractivity contribution < 1.29 is 13.6 Å². The summed E-state index contributed by atoms with van der Waals surface area (Å²) in [6.07, 6.45) is 1.02. The summed E-state index contributed by atoms with van der Waals surface area (Å²) in [6, 6.07) is 5.54. The number of carbonyl (C=O) groups is 1. The van der Waals surface area contributed by atoms with Crippen molar-refractivity contribution in [3.05, 3.63) is 53.2 Å². The number of aromatic nitrogens is 1. The van der Waals surface area contributed by atoms with Crippen molar-refractivity contribution in [2.24, 2.45) is 0 Å². The van der Waals surface area contributed by atoms with Gasteiger partial charge in [-0.2, -0.15) is 0 Å². The highest BCUT2D eigenvalue weighted by Crippen LogP contribution is 2.21. The van der Waals surface area contributed by atoms with E-state index >= 15 is 0 Å². The van der Waals surface area contributed by atoms with Gasteiger partial charge in [-0.3, -0.25) is 4.79 Å². The molecule has 0 aliphatic carbocycles. The number of pyridine rings is 1. The first-order chi connectivity index (χ1) is 10.0. The number of nitrogens with one attached hydrogen (secondary N) is 2. The van der Waals surface area contributed by atoms with Crippen LogP contribution < -0.4 is 10.6 Å². The molecular formula is C15H15F2N3O. The molecule has 4 nitrogen and oxygen atoms in total. The fourth-order valence-electron chi connectivity index (χ4n) is 1.89. The van der Waals surface area contributed by atoms with Crippen LogP contribution in [0.5, 0.6) is 0 Å². The standard InChI is InChI=1S/C15H15F2N3O/c1-3-18-14-11(7-10(16)8-19-14)15(21)20-13-9(2)5-4-6-12(13)17/h4-8H,3H2,1-2H3,(H,18,19)(H,20,21). The van der Waals surface area contributed by atoms with Crippen LogP contribution in [-0.2, 0) is 0 Å². The van der Waals surface area contributed by atoms with E-state index in [1.165, 1.54) is 6.07 Å². The van der Waals surface area contributed by atoms with Gasteiger partial charge < -0.3 is 10.6 Å². The molecule has 0 atom stereocenters. The van der Waals surface area contributed by atoms with Crippen LogP contribution in [0.3, 0.4) is 0 Å². The minimum atomic E-state index is -0.632. The molecule has 0 bridgehead atoms. The molecule has 21 heavy (non-hydrogen) atoms. The lowest BCUT2D eigenvalue weighted by Crippen LogP contribution is -2.17. The number of rotatable bonds is 4. The van der Waals surface area contributed by atoms with Crippen LogP contribution in [0.4, 0.5) is 20.3 Å². The van der Waals surface area contributed by atoms with Crippen LogP contribution >= 0.6 is 0 Å². The lowest BCUT2D eigenvalue weighted by molar-refractivity contribution is 0.102. The molecule has 0 fully saturated rings. The van der Waals surface area contributed by atoms with Crippen molar-refractivity contribution in [1.29, 1.82) is 0 Å². The van der Waals surface area contributed by atoms with Gasteiger partial charge in [-0.05, 0) is 31.5 Å². The van der Waals surface area contributed by atoms with Crippen LogP contribution in [0.2, 0.25) is 0 Å². The smallest absolute Gasteiger partial charge is 0.259 e. The summed E-state index contributed by atoms with van der Waals surface area (Å²) in [5.41, 5.74) is 0.687. The second kappa shape index (κ2) is 6.30. The highest BCUT2D eigenvalue weighted by Gasteiger charge is 2.16. The average Bonchev–Trinajstić information content (AvgIpc) is 2.45. The molecule has 6 heteroatoms. The van der Waals surface area contributed by atoms with Crippen molar-refractivity contribution in [2.75, 3.05) is 17.2 Å². The maximum atomic E-state index is 13.7. The summed E-state index contributed by atoms with van der Waals surface area (Å²) in [4.78, 5) is 16.1. The van der Waals surface area contributed by atoms with E-state index in [1.807, 2.05) is 6.92 Å². The topological polar surface area (TPSA) is 54.0 Å². The van der Waals surface area contributed by atoms with Gasteiger partial charge in [0.15, 0.2) is 0 Å². The largest absolute Gasteiger partial charge is 0.370 e. The summed E-state index contributed by atoms with van der Waals surface area (Å²) in [5.74, 6) is -1.54. The van der Waals surface area contributed by atoms with Gasteiger partial charge in [-0.25, -0.2) is 13.8 Å². The number of halogens is 2. The van der Waals surface area contributed by atoms with Crippen molar-refractivity contribution >= 4 is 17.4 Å². The number of aryl methyl sites for hydroxylation is 1. The minimum absolute atomic E-state index is 0.0273. The van der Waals surface area contributed by atoms with Crippen LogP contribution in [0, 0.1) is 18.6 Å². The fourth-order valence-corrected chi connectivity index (χ4v) is 1.89. The van der Waals surface area contributed by atoms with E-state index in [9.17, 15) is 13.6 Å². The number of para-hydroxylation sites is 1. The summed E-state index contributed by atoms with van der Waals surface area (Å²) < 4.78 is 27.0. The monoisotopic (exact) mass is 291 g/mol. The summed E-state index contributed by atoms with van der Waals surface area (Å²) in [7, 11) is 0. The Hall–Kier alpha value is -2.50. The maximum absolute atomic E-state index is 13.7. The zero-order chi connectivity index (χ0) is 15.4. The summed E-state index contributed by atoms with van der Waals surface area (Å²) in [5, 5.41) is 5.33. The minimum Gasteiger partial charge on any atom is -0.370 e. The quantitative estimate of drug-likeness (QED) is 0.908. The fraction of sp³-hybridized carbons (Fsp3) is 0.200. The molecule has 1 aromatic carbocycles. The number of amides is 1. The Morgan fingerprint density at radius 3 is 2.76 bits per heavy atom. The van der Waals surface area contributed by atoms with E-state index < -0.39 is 17.5 Å². The molecule has 0 aliphatic rings. The Kier molecular flexibility index (Phi) is 4.47. The normalized spacial score (nSPS) is 10.3. The van der Waals surface area contributed by atoms with E-state index in [0.29, 0.717) is 12.1 Å². The third-order valence-corrected chi connectivity index (χ3v) is 2.90. The first kappa shape index (κ1) is 14.9. The van der Waals surface area contributed by atoms with Gasteiger partial charge >= 0.3 is 0 Å². The molecule has 1 amide bonds. The predicted octanol–water partition coefficient (Wildman–Crippen LogP) is 3.35. The molecule has 0 saturated heterocycles. The molecule has 0 radical (unpaired) electrons. The van der Waals surface area contributed by atoms with Crippen LogP contribution in [-0.4, -0.2) is 17.4 Å². The van der Waals surface area contributed by atoms with Gasteiger partial charge in [0, 0.05) is 6.54 Å². The van der Waals surface area contributed by atoms with Crippen LogP contribution in [0.25, 0.3) is 0 Å². The van der Waals surface area contributed by atoms with Crippen molar-refractivity contribution in [3.63, 3.8) is 0 Å². The number of benzene rings is 1. The van der Waals surface area contributed by atoms with Crippen molar-refractivity contribution in [3.8, 4) is 0 Å². The van der Waals surface area contributed by atoms with Crippen LogP contribution in [0.15, 0.2) is 30.5 Å². The Labute approximate surface area is 121 Å². The van der Waals surface area contributed by atoms with Gasteiger partial charge in [0.2, 0.25) is 0 Å². The zero-order valence-corrected chi connectivity index (χ0v) is 11.7. The lowest BCUT2D eigenvalue weighted by atomic mass is 10.1. The maximum Gasteiger partial charge on any atom is 0.259 e. The number of anilines is 2. The molecule has 0 spiro atoms. The molecule has 2 aromatic rings. The van der Waals surface area contributed by atoms with Gasteiger partial charge in [-0.15, -0.1) is 0 Å². The van der Waals surface area contributed by atoms with E-state index in [2.05, 4.69) is 15.6 Å². The van der Waals surface area contributed by atoms with Crippen LogP contribution in [0.1, 0.15) is 22.8 Å². The first-order valence-electron chi connectivity index (χ1n) is 6.48. The number of hydrogen-bond acceptors (Lipinski definition) is 3. The summed E-state index contributed by atoms with van der Waals surface area (Å²) in [6.45, 7) is 4.03. The Morgan fingerprint density at radius 1 is 1.33 bits per heavy atom. The highest BCUT2D eigenvalue weighted by molar-refractivity contribution is 6.07. The van der Waals surface area contributed by atoms with Gasteiger partial charge in [0.1, 0.15) is 17.5 Å². The molecule has 0 saturated carbocycles. The molecule has 2 rings (SSSR count). The zero-order valence-electron chi connectivity index (χ0n) is 11.7. The van der Waals surface area contributed by atoms with E-state index in [4.69, 9.17) is 0 Å². The molecule has 2 N–H and O–H groups in total. The highest BCUT2D eigenvalue weighted by atomic mass is 19.1. The van der Waals surface area contributed by atoms with Crippen molar-refractivity contribution in [2.45, 2.75) is 13.8 Å². The Bertz CT molecular complexity index is 654. The van der Waals surface area contributed by atoms with E-state index in [1.54, 1.807) is 19.1 Å². The van der Waals surface area contributed by atoms with Gasteiger partial charge in [-0.1, -0.05) is 12.1 Å². The van der Waals surface area contributed by atoms with Gasteiger partial charge in [0.05, 0.1) is 17.4 Å². The first-order valence-corrected chi connectivity index (χ1v) is 6.48. The average molecular weight is 291 g/mol. The Morgan fingerprint density at radius 2 is 2.10 bits per heavy atom. The third kappa shape index (κ3) is 3.34. The molecule has 110 valence electrons. The van der Waals surface area contributed by atoms with Gasteiger partial charge in [0.25, 0.3) is 5.91 Å². The lowest BCUT2D eigenvalue weighted by Gasteiger charge is -2.12. The molecule has 0 aliphatic heterocycles. The Balaban J connectivity index is 2.34. The van der Waals surface area contributed by atoms with E-state index in [0.717, 1.165) is 12.3 Å².